The summed E-state index contributed by atoms with van der Waals surface area (Å²) in [5, 5.41) is 23.2. The van der Waals surface area contributed by atoms with Crippen LogP contribution in [0.4, 0.5) is 39.2 Å². The first-order valence-electron chi connectivity index (χ1n) is 34.7. The normalized spacial score (nSPS) is 13.4. The van der Waals surface area contributed by atoms with Gasteiger partial charge in [-0.05, 0) is 111 Å². The average Bonchev–Trinajstić information content (AvgIpc) is 1.25. The zero-order valence-electron chi connectivity index (χ0n) is 61.3. The second kappa shape index (κ2) is 41.0. The molecule has 32 nitrogen and oxygen atoms in total. The fourth-order valence-corrected chi connectivity index (χ4v) is 11.2. The first-order valence-corrected chi connectivity index (χ1v) is 35.1. The zero-order chi connectivity index (χ0) is 76.1. The van der Waals surface area contributed by atoms with Gasteiger partial charge in [0.2, 0.25) is 23.5 Å². The summed E-state index contributed by atoms with van der Waals surface area (Å²) in [5.74, 6) is -2.59. The van der Waals surface area contributed by atoms with E-state index in [1.807, 2.05) is 53.4 Å². The minimum atomic E-state index is -0.729. The standard InChI is InChI=1S/C73H96ClN15O17/c1-48-40-58(78-54-17-15-53(74)16-18-54)57-41-52(14-19-59(57)89(48)49(2)90)50-10-12-51(13-11-50)67(92)76-22-24-98-26-28-100-30-32-102-34-36-104-38-39-105-37-35-103-33-31-101-29-27-99-25-23-77-69(94)61-43-56(45-86(61)7)79-70(95)65-82-62(46-87(65)8)81-64(91)20-21-75-68(93)60-42-55(44-85(60)6)80-71(96)66-83-63(47-88(66)9)84-72(97)106-73(3,4)5/h10-19,41-48,58,78H,20-40H2,1-9H3,(H,75,93)(H,76,92)(H,77,94)(H,79,95)(H,80,96)(H,81,91)(H,84,97)/t48-,58+/m0/s1. The van der Waals surface area contributed by atoms with Gasteiger partial charge in [0, 0.05) is 114 Å². The van der Waals surface area contributed by atoms with E-state index in [1.54, 1.807) is 78.8 Å². The predicted molar refractivity (Wildman–Crippen MR) is 397 cm³/mol. The van der Waals surface area contributed by atoms with Crippen LogP contribution in [0.1, 0.15) is 112 Å². The van der Waals surface area contributed by atoms with Gasteiger partial charge >= 0.3 is 6.09 Å². The largest absolute Gasteiger partial charge is 0.444 e. The van der Waals surface area contributed by atoms with Crippen molar-refractivity contribution in [1.82, 2.24) is 44.2 Å². The molecule has 0 spiro atoms. The highest BCUT2D eigenvalue weighted by molar-refractivity contribution is 6.30. The molecule has 5 heterocycles. The third-order valence-corrected chi connectivity index (χ3v) is 16.3. The molecular weight excluding hydrogens is 1390 g/mol. The Morgan fingerprint density at radius 3 is 1.38 bits per heavy atom. The summed E-state index contributed by atoms with van der Waals surface area (Å²) in [7, 11) is 6.44. The zero-order valence-corrected chi connectivity index (χ0v) is 62.0. The molecule has 8 amide bonds. The number of carbonyl (C=O) groups is 8. The van der Waals surface area contributed by atoms with Gasteiger partial charge in [-0.15, -0.1) is 0 Å². The Morgan fingerprint density at radius 1 is 0.481 bits per heavy atom. The number of amides is 8. The number of imidazole rings is 2. The number of hydrogen-bond acceptors (Lipinski definition) is 20. The lowest BCUT2D eigenvalue weighted by Gasteiger charge is -2.39. The summed E-state index contributed by atoms with van der Waals surface area (Å²) < 4.78 is 55.8. The first kappa shape index (κ1) is 81.6. The van der Waals surface area contributed by atoms with Gasteiger partial charge < -0.3 is 103 Å². The molecule has 0 unspecified atom stereocenters. The highest BCUT2D eigenvalue weighted by Gasteiger charge is 2.33. The summed E-state index contributed by atoms with van der Waals surface area (Å²) in [5.41, 5.74) is 5.70. The number of benzene rings is 3. The van der Waals surface area contributed by atoms with Crippen LogP contribution in [-0.2, 0) is 80.4 Å². The highest BCUT2D eigenvalue weighted by atomic mass is 35.5. The molecule has 106 heavy (non-hydrogen) atoms. The minimum Gasteiger partial charge on any atom is -0.444 e. The molecule has 572 valence electrons. The summed E-state index contributed by atoms with van der Waals surface area (Å²) in [6, 6.07) is 24.1. The average molecular weight is 1490 g/mol. The van der Waals surface area contributed by atoms with Crippen LogP contribution in [0.3, 0.4) is 0 Å². The van der Waals surface area contributed by atoms with E-state index in [0.717, 1.165) is 34.5 Å². The van der Waals surface area contributed by atoms with Crippen molar-refractivity contribution >= 4 is 93.4 Å². The summed E-state index contributed by atoms with van der Waals surface area (Å²) in [4.78, 5) is 113. The van der Waals surface area contributed by atoms with Crippen LogP contribution >= 0.6 is 11.6 Å². The van der Waals surface area contributed by atoms with Crippen molar-refractivity contribution < 1.29 is 81.0 Å². The maximum absolute atomic E-state index is 13.3. The molecule has 7 aromatic rings. The van der Waals surface area contributed by atoms with E-state index >= 15 is 0 Å². The maximum Gasteiger partial charge on any atom is 0.413 e. The second-order valence-corrected chi connectivity index (χ2v) is 26.0. The Bertz CT molecular complexity index is 4070. The number of fused-ring (bicyclic) bond motifs is 1. The SMILES string of the molecule is CC(=O)N1c2ccc(-c3ccc(C(=O)NCCOCCOCCOCCOCCOCCOCCOCCOCCNC(=O)c4cc(NC(=O)c5nc(NC(=O)CCNC(=O)c6cc(NC(=O)c7nc(NC(=O)OC(C)(C)C)cn7C)cn6C)cn5C)cn4C)cc3)cc2[C@H](Nc2ccc(Cl)cc2)C[C@@H]1C. The van der Waals surface area contributed by atoms with Gasteiger partial charge in [0.05, 0.1) is 123 Å². The lowest BCUT2D eigenvalue weighted by molar-refractivity contribution is -0.117. The molecule has 0 saturated heterocycles. The van der Waals surface area contributed by atoms with E-state index in [1.165, 1.54) is 44.4 Å². The molecule has 4 aromatic heterocycles. The third kappa shape index (κ3) is 25.9. The van der Waals surface area contributed by atoms with E-state index in [2.05, 4.69) is 65.5 Å². The van der Waals surface area contributed by atoms with Crippen LogP contribution in [0.5, 0.6) is 0 Å². The van der Waals surface area contributed by atoms with Gasteiger partial charge in [0.15, 0.2) is 11.6 Å². The molecule has 8 N–H and O–H groups in total. The van der Waals surface area contributed by atoms with Crippen molar-refractivity contribution in [3.05, 3.63) is 143 Å². The summed E-state index contributed by atoms with van der Waals surface area (Å²) in [6.45, 7) is 15.4. The van der Waals surface area contributed by atoms with Gasteiger partial charge in [0.1, 0.15) is 17.0 Å². The quantitative estimate of drug-likeness (QED) is 0.0173. The third-order valence-electron chi connectivity index (χ3n) is 16.0. The van der Waals surface area contributed by atoms with Crippen molar-refractivity contribution in [2.75, 3.05) is 157 Å². The Hall–Kier alpha value is -10.0. The summed E-state index contributed by atoms with van der Waals surface area (Å²) in [6.07, 6.45) is 5.89. The number of ether oxygens (including phenoxy) is 9. The lowest BCUT2D eigenvalue weighted by Crippen LogP contribution is -2.43. The fraction of sp³-hybridized carbons (Fsp3) is 0.452. The molecule has 0 aliphatic carbocycles. The van der Waals surface area contributed by atoms with E-state index in [9.17, 15) is 38.4 Å². The van der Waals surface area contributed by atoms with Gasteiger partial charge in [0.25, 0.3) is 29.5 Å². The molecule has 33 heteroatoms. The van der Waals surface area contributed by atoms with Gasteiger partial charge in [-0.1, -0.05) is 29.8 Å². The summed E-state index contributed by atoms with van der Waals surface area (Å²) >= 11 is 6.14. The number of rotatable bonds is 42. The van der Waals surface area contributed by atoms with Crippen molar-refractivity contribution in [1.29, 1.82) is 0 Å². The molecule has 1 aliphatic rings. The van der Waals surface area contributed by atoms with E-state index in [0.29, 0.717) is 128 Å². The van der Waals surface area contributed by atoms with Crippen molar-refractivity contribution in [3.63, 3.8) is 0 Å². The Morgan fingerprint density at radius 2 is 0.915 bits per heavy atom. The highest BCUT2D eigenvalue weighted by Crippen LogP contribution is 2.41. The Labute approximate surface area is 620 Å². The number of nitrogens with zero attached hydrogens (tertiary/aromatic N) is 7. The predicted octanol–water partition coefficient (Wildman–Crippen LogP) is 7.35. The van der Waals surface area contributed by atoms with Gasteiger partial charge in [-0.3, -0.25) is 38.9 Å². The van der Waals surface area contributed by atoms with Gasteiger partial charge in [-0.25, -0.2) is 14.8 Å². The number of hydrogen-bond donors (Lipinski definition) is 8. The van der Waals surface area contributed by atoms with Crippen LogP contribution in [0, 0.1) is 0 Å². The molecule has 8 rings (SSSR count). The van der Waals surface area contributed by atoms with Crippen LogP contribution < -0.4 is 47.4 Å². The molecule has 0 saturated carbocycles. The number of nitrogens with one attached hydrogen (secondary N) is 8. The van der Waals surface area contributed by atoms with E-state index < -0.39 is 35.3 Å². The molecule has 2 atom stereocenters. The number of carbonyl (C=O) groups excluding carboxylic acids is 8. The van der Waals surface area contributed by atoms with Crippen molar-refractivity contribution in [2.45, 2.75) is 65.1 Å². The maximum atomic E-state index is 13.3. The molecule has 0 fully saturated rings. The van der Waals surface area contributed by atoms with E-state index in [-0.39, 0.29) is 90.6 Å². The van der Waals surface area contributed by atoms with Crippen LogP contribution in [0.25, 0.3) is 11.1 Å². The number of halogens is 1. The second-order valence-electron chi connectivity index (χ2n) is 25.6. The Balaban J connectivity index is 0.567. The van der Waals surface area contributed by atoms with Crippen LogP contribution in [-0.4, -0.2) is 213 Å². The molecule has 0 bridgehead atoms. The lowest BCUT2D eigenvalue weighted by atomic mass is 9.88. The topological polar surface area (TPSA) is 365 Å². The smallest absolute Gasteiger partial charge is 0.413 e. The van der Waals surface area contributed by atoms with E-state index in [4.69, 9.17) is 54.2 Å². The van der Waals surface area contributed by atoms with Crippen LogP contribution in [0.15, 0.2) is 104 Å². The minimum absolute atomic E-state index is 0.00435. The van der Waals surface area contributed by atoms with Gasteiger partial charge in [-0.2, -0.15) is 0 Å². The van der Waals surface area contributed by atoms with Crippen molar-refractivity contribution in [3.8, 4) is 11.1 Å². The number of aromatic nitrogens is 6. The molecule has 1 aliphatic heterocycles. The first-order chi connectivity index (χ1) is 50.9. The van der Waals surface area contributed by atoms with Crippen molar-refractivity contribution in [2.24, 2.45) is 28.2 Å². The molecular formula is C73H96ClN15O17. The Kier molecular flexibility index (Phi) is 31.6. The van der Waals surface area contributed by atoms with Crippen LogP contribution in [0.2, 0.25) is 5.02 Å². The number of aryl methyl sites for hydroxylation is 4. The monoisotopic (exact) mass is 1490 g/mol. The fourth-order valence-electron chi connectivity index (χ4n) is 11.1. The number of anilines is 6. The molecule has 0 radical (unpaired) electrons. The molecule has 3 aromatic carbocycles.